The monoisotopic (exact) mass is 251 g/mol. The van der Waals surface area contributed by atoms with E-state index in [1.54, 1.807) is 6.07 Å². The van der Waals surface area contributed by atoms with Crippen molar-refractivity contribution in [2.24, 2.45) is 5.73 Å². The highest BCUT2D eigenvalue weighted by Crippen LogP contribution is 2.29. The third kappa shape index (κ3) is 2.24. The molecule has 0 amide bonds. The summed E-state index contributed by atoms with van der Waals surface area (Å²) >= 11 is 0. The Balaban J connectivity index is 2.57. The van der Waals surface area contributed by atoms with Crippen LogP contribution in [-0.2, 0) is 5.54 Å². The Morgan fingerprint density at radius 1 is 0.944 bits per heavy atom. The van der Waals surface area contributed by atoms with E-state index < -0.39 is 23.0 Å². The van der Waals surface area contributed by atoms with Crippen LogP contribution in [0.1, 0.15) is 18.1 Å². The van der Waals surface area contributed by atoms with Crippen LogP contribution in [0.4, 0.5) is 13.2 Å². The standard InChI is InChI=1S/C14H12F3N/c1-14(18,12-4-2-3-5-13(12)17)9-6-10(15)8-11(16)7-9/h2-8H,18H2,1H3. The fraction of sp³-hybridized carbons (Fsp3) is 0.143. The normalized spacial score (nSPS) is 14.3. The van der Waals surface area contributed by atoms with Crippen LogP contribution in [0.5, 0.6) is 0 Å². The van der Waals surface area contributed by atoms with Crippen LogP contribution < -0.4 is 5.73 Å². The van der Waals surface area contributed by atoms with Gasteiger partial charge in [0.15, 0.2) is 0 Å². The molecule has 0 saturated carbocycles. The smallest absolute Gasteiger partial charge is 0.128 e. The highest BCUT2D eigenvalue weighted by Gasteiger charge is 2.27. The van der Waals surface area contributed by atoms with Gasteiger partial charge in [0, 0.05) is 11.6 Å². The first-order valence-electron chi connectivity index (χ1n) is 5.42. The second kappa shape index (κ2) is 4.46. The molecule has 0 aliphatic rings. The van der Waals surface area contributed by atoms with E-state index in [0.717, 1.165) is 18.2 Å². The predicted octanol–water partition coefficient (Wildman–Crippen LogP) is 3.33. The van der Waals surface area contributed by atoms with Gasteiger partial charge in [-0.15, -0.1) is 0 Å². The molecule has 1 atom stereocenters. The lowest BCUT2D eigenvalue weighted by Crippen LogP contribution is -2.35. The molecule has 2 rings (SSSR count). The molecule has 4 heteroatoms. The Hall–Kier alpha value is -1.81. The average molecular weight is 251 g/mol. The minimum absolute atomic E-state index is 0.185. The Bertz CT molecular complexity index is 559. The zero-order valence-electron chi connectivity index (χ0n) is 9.75. The van der Waals surface area contributed by atoms with Gasteiger partial charge in [-0.2, -0.15) is 0 Å². The van der Waals surface area contributed by atoms with E-state index in [2.05, 4.69) is 0 Å². The summed E-state index contributed by atoms with van der Waals surface area (Å²) in [6, 6.07) is 8.88. The molecule has 0 radical (unpaired) electrons. The maximum absolute atomic E-state index is 13.7. The highest BCUT2D eigenvalue weighted by atomic mass is 19.1. The lowest BCUT2D eigenvalue weighted by atomic mass is 9.85. The molecular weight excluding hydrogens is 239 g/mol. The first-order chi connectivity index (χ1) is 8.41. The van der Waals surface area contributed by atoms with E-state index in [4.69, 9.17) is 5.73 Å². The third-order valence-electron chi connectivity index (χ3n) is 2.90. The Morgan fingerprint density at radius 3 is 2.06 bits per heavy atom. The van der Waals surface area contributed by atoms with E-state index >= 15 is 0 Å². The molecule has 0 aromatic heterocycles. The molecule has 0 bridgehead atoms. The van der Waals surface area contributed by atoms with Gasteiger partial charge in [-0.25, -0.2) is 13.2 Å². The van der Waals surface area contributed by atoms with Crippen molar-refractivity contribution in [1.82, 2.24) is 0 Å². The fourth-order valence-corrected chi connectivity index (χ4v) is 1.89. The number of hydrogen-bond donors (Lipinski definition) is 1. The molecule has 0 aliphatic carbocycles. The second-order valence-electron chi connectivity index (χ2n) is 4.34. The van der Waals surface area contributed by atoms with Gasteiger partial charge >= 0.3 is 0 Å². The van der Waals surface area contributed by atoms with Gasteiger partial charge in [0.05, 0.1) is 5.54 Å². The van der Waals surface area contributed by atoms with Crippen molar-refractivity contribution >= 4 is 0 Å². The van der Waals surface area contributed by atoms with Gasteiger partial charge < -0.3 is 5.73 Å². The summed E-state index contributed by atoms with van der Waals surface area (Å²) < 4.78 is 40.1. The van der Waals surface area contributed by atoms with E-state index in [9.17, 15) is 13.2 Å². The van der Waals surface area contributed by atoms with Gasteiger partial charge in [-0.1, -0.05) is 18.2 Å². The van der Waals surface area contributed by atoms with Crippen molar-refractivity contribution in [3.05, 3.63) is 71.0 Å². The van der Waals surface area contributed by atoms with Gasteiger partial charge in [0.25, 0.3) is 0 Å². The number of halogens is 3. The molecule has 0 spiro atoms. The summed E-state index contributed by atoms with van der Waals surface area (Å²) in [5.74, 6) is -1.98. The molecule has 0 saturated heterocycles. The van der Waals surface area contributed by atoms with Gasteiger partial charge in [0.1, 0.15) is 17.5 Å². The number of hydrogen-bond acceptors (Lipinski definition) is 1. The second-order valence-corrected chi connectivity index (χ2v) is 4.34. The molecule has 2 aromatic carbocycles. The van der Waals surface area contributed by atoms with Crippen LogP contribution in [0.2, 0.25) is 0 Å². The molecule has 0 heterocycles. The maximum atomic E-state index is 13.7. The molecule has 1 unspecified atom stereocenters. The van der Waals surface area contributed by atoms with E-state index in [1.165, 1.54) is 25.1 Å². The molecule has 18 heavy (non-hydrogen) atoms. The van der Waals surface area contributed by atoms with Crippen molar-refractivity contribution < 1.29 is 13.2 Å². The number of nitrogens with two attached hydrogens (primary N) is 1. The van der Waals surface area contributed by atoms with Crippen LogP contribution in [0.25, 0.3) is 0 Å². The summed E-state index contributed by atoms with van der Waals surface area (Å²) in [5, 5.41) is 0. The predicted molar refractivity (Wildman–Crippen MR) is 63.4 cm³/mol. The van der Waals surface area contributed by atoms with Crippen LogP contribution in [0.15, 0.2) is 42.5 Å². The van der Waals surface area contributed by atoms with Crippen molar-refractivity contribution in [2.45, 2.75) is 12.5 Å². The van der Waals surface area contributed by atoms with E-state index in [-0.39, 0.29) is 11.1 Å². The number of benzene rings is 2. The molecule has 94 valence electrons. The Morgan fingerprint density at radius 2 is 1.50 bits per heavy atom. The lowest BCUT2D eigenvalue weighted by Gasteiger charge is -2.26. The fourth-order valence-electron chi connectivity index (χ4n) is 1.89. The Labute approximate surface area is 103 Å². The molecular formula is C14H12F3N. The van der Waals surface area contributed by atoms with Crippen molar-refractivity contribution in [3.63, 3.8) is 0 Å². The topological polar surface area (TPSA) is 26.0 Å². The largest absolute Gasteiger partial charge is 0.318 e. The summed E-state index contributed by atoms with van der Waals surface area (Å²) in [4.78, 5) is 0. The molecule has 0 fully saturated rings. The van der Waals surface area contributed by atoms with Crippen LogP contribution in [0.3, 0.4) is 0 Å². The van der Waals surface area contributed by atoms with Crippen LogP contribution in [0, 0.1) is 17.5 Å². The van der Waals surface area contributed by atoms with Crippen LogP contribution in [-0.4, -0.2) is 0 Å². The van der Waals surface area contributed by atoms with Gasteiger partial charge in [0.2, 0.25) is 0 Å². The van der Waals surface area contributed by atoms with E-state index in [0.29, 0.717) is 0 Å². The maximum Gasteiger partial charge on any atom is 0.128 e. The summed E-state index contributed by atoms with van der Waals surface area (Å²) in [5.41, 5.74) is 5.10. The Kier molecular flexibility index (Phi) is 3.13. The summed E-state index contributed by atoms with van der Waals surface area (Å²) in [6.07, 6.45) is 0. The van der Waals surface area contributed by atoms with Crippen LogP contribution >= 0.6 is 0 Å². The highest BCUT2D eigenvalue weighted by molar-refractivity contribution is 5.38. The van der Waals surface area contributed by atoms with Crippen molar-refractivity contribution in [1.29, 1.82) is 0 Å². The molecule has 0 aliphatic heterocycles. The SMILES string of the molecule is CC(N)(c1cc(F)cc(F)c1)c1ccccc1F. The quantitative estimate of drug-likeness (QED) is 0.870. The molecule has 1 nitrogen and oxygen atoms in total. The third-order valence-corrected chi connectivity index (χ3v) is 2.90. The van der Waals surface area contributed by atoms with Gasteiger partial charge in [-0.05, 0) is 30.7 Å². The minimum Gasteiger partial charge on any atom is -0.318 e. The van der Waals surface area contributed by atoms with Gasteiger partial charge in [-0.3, -0.25) is 0 Å². The zero-order chi connectivity index (χ0) is 13.3. The number of rotatable bonds is 2. The summed E-state index contributed by atoms with van der Waals surface area (Å²) in [6.45, 7) is 1.51. The van der Waals surface area contributed by atoms with Crippen molar-refractivity contribution in [3.8, 4) is 0 Å². The molecule has 2 aromatic rings. The minimum atomic E-state index is -1.30. The zero-order valence-corrected chi connectivity index (χ0v) is 9.75. The van der Waals surface area contributed by atoms with Crippen molar-refractivity contribution in [2.75, 3.05) is 0 Å². The first kappa shape index (κ1) is 12.6. The first-order valence-corrected chi connectivity index (χ1v) is 5.42. The average Bonchev–Trinajstić information content (AvgIpc) is 2.28. The van der Waals surface area contributed by atoms with E-state index in [1.807, 2.05) is 0 Å². The molecule has 2 N–H and O–H groups in total. The summed E-state index contributed by atoms with van der Waals surface area (Å²) in [7, 11) is 0. The lowest BCUT2D eigenvalue weighted by molar-refractivity contribution is 0.516.